The van der Waals surface area contributed by atoms with Crippen molar-refractivity contribution in [2.45, 2.75) is 0 Å². The number of nitrogens with zero attached hydrogens (tertiary/aromatic N) is 4. The van der Waals surface area contributed by atoms with E-state index in [0.717, 1.165) is 0 Å². The largest absolute Gasteiger partial charge is 0.496 e. The molecule has 0 aliphatic carbocycles. The van der Waals surface area contributed by atoms with E-state index in [4.69, 9.17) is 16.3 Å². The maximum Gasteiger partial charge on any atom is 0.261 e. The van der Waals surface area contributed by atoms with Gasteiger partial charge in [-0.1, -0.05) is 29.0 Å². The lowest BCUT2D eigenvalue weighted by molar-refractivity contribution is 0.102. The number of rotatable bonds is 5. The van der Waals surface area contributed by atoms with Gasteiger partial charge in [0.2, 0.25) is 5.13 Å². The summed E-state index contributed by atoms with van der Waals surface area (Å²) in [6.45, 7) is 0. The predicted molar refractivity (Wildman–Crippen MR) is 108 cm³/mol. The van der Waals surface area contributed by atoms with E-state index in [0.29, 0.717) is 37.9 Å². The Morgan fingerprint density at radius 2 is 2.00 bits per heavy atom. The number of methoxy groups -OCH3 is 1. The van der Waals surface area contributed by atoms with E-state index in [9.17, 15) is 4.79 Å². The molecule has 0 radical (unpaired) electrons. The van der Waals surface area contributed by atoms with Gasteiger partial charge < -0.3 is 9.30 Å². The standard InChI is InChI=1S/C19H14ClN5O2S/c1-27-16-11-15(25-8-4-5-9-25)13(20)10-12(16)17(26)22-19-24-23-18(28-19)14-6-2-3-7-21-14/h2-11H,1H3,(H,22,24,26). The Hall–Kier alpha value is -3.23. The van der Waals surface area contributed by atoms with E-state index in [1.165, 1.54) is 18.4 Å². The Kier molecular flexibility index (Phi) is 5.05. The molecule has 3 heterocycles. The van der Waals surface area contributed by atoms with Gasteiger partial charge in [-0.3, -0.25) is 15.1 Å². The molecule has 1 amide bonds. The minimum atomic E-state index is -0.387. The Bertz CT molecular complexity index is 1110. The van der Waals surface area contributed by atoms with Crippen LogP contribution < -0.4 is 10.1 Å². The van der Waals surface area contributed by atoms with Gasteiger partial charge in [0.05, 0.1) is 23.4 Å². The molecule has 0 aliphatic rings. The van der Waals surface area contributed by atoms with E-state index in [1.54, 1.807) is 18.3 Å². The Balaban J connectivity index is 1.60. The lowest BCUT2D eigenvalue weighted by Gasteiger charge is -2.13. The number of anilines is 1. The number of ether oxygens (including phenoxy) is 1. The van der Waals surface area contributed by atoms with Crippen LogP contribution in [0.3, 0.4) is 0 Å². The lowest BCUT2D eigenvalue weighted by atomic mass is 10.1. The fourth-order valence-electron chi connectivity index (χ4n) is 2.61. The second-order valence-electron chi connectivity index (χ2n) is 5.68. The number of aromatic nitrogens is 4. The van der Waals surface area contributed by atoms with Gasteiger partial charge in [0, 0.05) is 24.7 Å². The number of pyridine rings is 1. The summed E-state index contributed by atoms with van der Waals surface area (Å²) >= 11 is 7.62. The van der Waals surface area contributed by atoms with Crippen LogP contribution in [0, 0.1) is 0 Å². The first-order chi connectivity index (χ1) is 13.7. The molecule has 3 aromatic heterocycles. The second-order valence-corrected chi connectivity index (χ2v) is 7.06. The Morgan fingerprint density at radius 1 is 1.18 bits per heavy atom. The topological polar surface area (TPSA) is 81.9 Å². The summed E-state index contributed by atoms with van der Waals surface area (Å²) in [6, 6.07) is 12.6. The monoisotopic (exact) mass is 411 g/mol. The third-order valence-electron chi connectivity index (χ3n) is 3.93. The van der Waals surface area contributed by atoms with Crippen molar-refractivity contribution in [2.24, 2.45) is 0 Å². The lowest BCUT2D eigenvalue weighted by Crippen LogP contribution is -2.13. The summed E-state index contributed by atoms with van der Waals surface area (Å²) in [4.78, 5) is 17.0. The first-order valence-corrected chi connectivity index (χ1v) is 9.42. The average Bonchev–Trinajstić information content (AvgIpc) is 3.40. The molecular formula is C19H14ClN5O2S. The zero-order valence-electron chi connectivity index (χ0n) is 14.7. The number of carbonyl (C=O) groups is 1. The van der Waals surface area contributed by atoms with E-state index >= 15 is 0 Å². The van der Waals surface area contributed by atoms with E-state index < -0.39 is 0 Å². The summed E-state index contributed by atoms with van der Waals surface area (Å²) in [6.07, 6.45) is 5.40. The molecule has 0 atom stereocenters. The van der Waals surface area contributed by atoms with Crippen molar-refractivity contribution in [3.05, 3.63) is 71.6 Å². The maximum absolute atomic E-state index is 12.8. The summed E-state index contributed by atoms with van der Waals surface area (Å²) in [5.41, 5.74) is 1.71. The molecule has 0 saturated carbocycles. The minimum Gasteiger partial charge on any atom is -0.496 e. The van der Waals surface area contributed by atoms with Gasteiger partial charge in [-0.25, -0.2) is 0 Å². The summed E-state index contributed by atoms with van der Waals surface area (Å²) in [5, 5.41) is 12.2. The van der Waals surface area contributed by atoms with Crippen molar-refractivity contribution in [1.29, 1.82) is 0 Å². The van der Waals surface area contributed by atoms with Crippen LogP contribution in [0.1, 0.15) is 10.4 Å². The highest BCUT2D eigenvalue weighted by Gasteiger charge is 2.18. The van der Waals surface area contributed by atoms with E-state index in [2.05, 4.69) is 20.5 Å². The number of hydrogen-bond donors (Lipinski definition) is 1. The van der Waals surface area contributed by atoms with Crippen LogP contribution in [0.25, 0.3) is 16.4 Å². The average molecular weight is 412 g/mol. The van der Waals surface area contributed by atoms with E-state index in [-0.39, 0.29) is 5.91 Å². The maximum atomic E-state index is 12.8. The molecule has 4 aromatic rings. The Morgan fingerprint density at radius 3 is 2.71 bits per heavy atom. The highest BCUT2D eigenvalue weighted by Crippen LogP contribution is 2.31. The number of benzene rings is 1. The molecule has 0 fully saturated rings. The molecule has 140 valence electrons. The van der Waals surface area contributed by atoms with Crippen molar-refractivity contribution in [3.63, 3.8) is 0 Å². The number of nitrogens with one attached hydrogen (secondary N) is 1. The smallest absolute Gasteiger partial charge is 0.261 e. The third-order valence-corrected chi connectivity index (χ3v) is 5.09. The van der Waals surface area contributed by atoms with E-state index in [1.807, 2.05) is 47.3 Å². The minimum absolute atomic E-state index is 0.304. The van der Waals surface area contributed by atoms with Crippen molar-refractivity contribution in [2.75, 3.05) is 12.4 Å². The van der Waals surface area contributed by atoms with Crippen LogP contribution >= 0.6 is 22.9 Å². The highest BCUT2D eigenvalue weighted by atomic mass is 35.5. The molecule has 1 N–H and O–H groups in total. The number of amides is 1. The molecule has 0 bridgehead atoms. The molecule has 7 nitrogen and oxygen atoms in total. The molecule has 0 spiro atoms. The molecule has 1 aromatic carbocycles. The number of carbonyl (C=O) groups excluding carboxylic acids is 1. The highest BCUT2D eigenvalue weighted by molar-refractivity contribution is 7.18. The first-order valence-electron chi connectivity index (χ1n) is 8.23. The SMILES string of the molecule is COc1cc(-n2cccc2)c(Cl)cc1C(=O)Nc1nnc(-c2ccccn2)s1. The van der Waals surface area contributed by atoms with Gasteiger partial charge in [0.25, 0.3) is 5.91 Å². The molecule has 0 aliphatic heterocycles. The van der Waals surface area contributed by atoms with Gasteiger partial charge in [0.1, 0.15) is 11.4 Å². The van der Waals surface area contributed by atoms with Crippen LogP contribution in [0.5, 0.6) is 5.75 Å². The van der Waals surface area contributed by atoms with Crippen LogP contribution in [0.4, 0.5) is 5.13 Å². The fraction of sp³-hybridized carbons (Fsp3) is 0.0526. The van der Waals surface area contributed by atoms with Crippen LogP contribution in [-0.2, 0) is 0 Å². The van der Waals surface area contributed by atoms with Gasteiger partial charge >= 0.3 is 0 Å². The fourth-order valence-corrected chi connectivity index (χ4v) is 3.59. The predicted octanol–water partition coefficient (Wildman–Crippen LogP) is 4.31. The third kappa shape index (κ3) is 3.60. The quantitative estimate of drug-likeness (QED) is 0.529. The molecule has 0 unspecified atom stereocenters. The molecule has 9 heteroatoms. The van der Waals surface area contributed by atoms with Crippen molar-refractivity contribution >= 4 is 34.0 Å². The second kappa shape index (κ2) is 7.79. The molecule has 28 heavy (non-hydrogen) atoms. The molecule has 4 rings (SSSR count). The van der Waals surface area contributed by atoms with Crippen LogP contribution in [0.15, 0.2) is 61.1 Å². The van der Waals surface area contributed by atoms with Gasteiger partial charge in [0.15, 0.2) is 5.01 Å². The first kappa shape index (κ1) is 18.1. The van der Waals surface area contributed by atoms with Gasteiger partial charge in [-0.2, -0.15) is 0 Å². The van der Waals surface area contributed by atoms with Gasteiger partial charge in [-0.05, 0) is 30.3 Å². The van der Waals surface area contributed by atoms with Crippen molar-refractivity contribution in [1.82, 2.24) is 19.7 Å². The Labute approximate surface area is 169 Å². The van der Waals surface area contributed by atoms with Crippen LogP contribution in [0.2, 0.25) is 5.02 Å². The number of hydrogen-bond acceptors (Lipinski definition) is 6. The molecule has 0 saturated heterocycles. The van der Waals surface area contributed by atoms with Crippen molar-refractivity contribution < 1.29 is 9.53 Å². The molecular weight excluding hydrogens is 398 g/mol. The van der Waals surface area contributed by atoms with Crippen molar-refractivity contribution in [3.8, 4) is 22.1 Å². The summed E-state index contributed by atoms with van der Waals surface area (Å²) in [7, 11) is 1.50. The normalized spacial score (nSPS) is 10.6. The van der Waals surface area contributed by atoms with Crippen LogP contribution in [-0.4, -0.2) is 32.8 Å². The summed E-state index contributed by atoms with van der Waals surface area (Å²) < 4.78 is 7.24. The zero-order valence-corrected chi connectivity index (χ0v) is 16.2. The zero-order chi connectivity index (χ0) is 19.5. The number of halogens is 1. The summed E-state index contributed by atoms with van der Waals surface area (Å²) in [5.74, 6) is 0.0154. The van der Waals surface area contributed by atoms with Gasteiger partial charge in [-0.15, -0.1) is 10.2 Å².